The first kappa shape index (κ1) is 15.1. The van der Waals surface area contributed by atoms with E-state index in [1.807, 2.05) is 0 Å². The van der Waals surface area contributed by atoms with Crippen molar-refractivity contribution >= 4 is 21.7 Å². The van der Waals surface area contributed by atoms with Gasteiger partial charge in [-0.1, -0.05) is 12.8 Å². The van der Waals surface area contributed by atoms with Gasteiger partial charge < -0.3 is 5.32 Å². The normalized spacial score (nSPS) is 29.0. The summed E-state index contributed by atoms with van der Waals surface area (Å²) in [4.78, 5) is 12.5. The molecule has 1 aliphatic heterocycles. The lowest BCUT2D eigenvalue weighted by Gasteiger charge is -2.40. The Balaban J connectivity index is 1.81. The Morgan fingerprint density at radius 3 is 2.71 bits per heavy atom. The molecule has 1 saturated heterocycles. The van der Waals surface area contributed by atoms with Crippen LogP contribution in [0.25, 0.3) is 0 Å². The first-order chi connectivity index (χ1) is 10.1. The smallest absolute Gasteiger partial charge is 0.185 e. The van der Waals surface area contributed by atoms with Crippen molar-refractivity contribution in [2.24, 2.45) is 5.92 Å². The average molecular weight is 358 g/mol. The summed E-state index contributed by atoms with van der Waals surface area (Å²) in [5.41, 5.74) is -0.420. The molecular formula is C16H18BrF2NO. The van der Waals surface area contributed by atoms with Crippen LogP contribution in [0.15, 0.2) is 16.6 Å². The molecule has 2 aliphatic rings. The SMILES string of the molecule is O=C(c1c(F)ccc(Br)c1F)C1CCC2CCCCC2N1. The minimum absolute atomic E-state index is 0.124. The summed E-state index contributed by atoms with van der Waals surface area (Å²) in [7, 11) is 0. The summed E-state index contributed by atoms with van der Waals surface area (Å²) in [5.74, 6) is -1.43. The van der Waals surface area contributed by atoms with Gasteiger partial charge in [-0.3, -0.25) is 4.79 Å². The summed E-state index contributed by atoms with van der Waals surface area (Å²) >= 11 is 3.01. The first-order valence-electron chi connectivity index (χ1n) is 7.51. The van der Waals surface area contributed by atoms with E-state index in [1.165, 1.54) is 18.9 Å². The number of carbonyl (C=O) groups is 1. The third-order valence-electron chi connectivity index (χ3n) is 4.76. The maximum Gasteiger partial charge on any atom is 0.185 e. The third-order valence-corrected chi connectivity index (χ3v) is 5.37. The Labute approximate surface area is 131 Å². The highest BCUT2D eigenvalue weighted by Crippen LogP contribution is 2.33. The van der Waals surface area contributed by atoms with E-state index in [0.29, 0.717) is 18.4 Å². The van der Waals surface area contributed by atoms with Gasteiger partial charge in [-0.2, -0.15) is 0 Å². The molecule has 0 amide bonds. The van der Waals surface area contributed by atoms with E-state index in [1.54, 1.807) is 0 Å². The van der Waals surface area contributed by atoms with E-state index >= 15 is 0 Å². The Bertz CT molecular complexity index is 563. The summed E-state index contributed by atoms with van der Waals surface area (Å²) in [6, 6.07) is 2.27. The molecule has 21 heavy (non-hydrogen) atoms. The van der Waals surface area contributed by atoms with Crippen LogP contribution in [0.4, 0.5) is 8.78 Å². The largest absolute Gasteiger partial charge is 0.304 e. The third kappa shape index (κ3) is 2.90. The molecule has 114 valence electrons. The fraction of sp³-hybridized carbons (Fsp3) is 0.562. The quantitative estimate of drug-likeness (QED) is 0.634. The standard InChI is InChI=1S/C16H18BrF2NO/c17-10-6-7-11(18)14(15(10)19)16(21)13-8-5-9-3-1-2-4-12(9)20-13/h6-7,9,12-13,20H,1-5,8H2. The summed E-state index contributed by atoms with van der Waals surface area (Å²) in [6.45, 7) is 0. The molecule has 3 atom stereocenters. The second kappa shape index (κ2) is 6.13. The minimum atomic E-state index is -0.799. The zero-order valence-corrected chi connectivity index (χ0v) is 13.3. The number of hydrogen-bond acceptors (Lipinski definition) is 2. The number of hydrogen-bond donors (Lipinski definition) is 1. The van der Waals surface area contributed by atoms with Gasteiger partial charge in [-0.25, -0.2) is 8.78 Å². The lowest BCUT2D eigenvalue weighted by atomic mass is 9.77. The number of Topliss-reactive ketones (excluding diaryl/α,β-unsaturated/α-hetero) is 1. The topological polar surface area (TPSA) is 29.1 Å². The Hall–Kier alpha value is -0.810. The van der Waals surface area contributed by atoms with Gasteiger partial charge >= 0.3 is 0 Å². The van der Waals surface area contributed by atoms with Crippen LogP contribution in [0.3, 0.4) is 0 Å². The minimum Gasteiger partial charge on any atom is -0.304 e. The number of halogens is 3. The number of fused-ring (bicyclic) bond motifs is 1. The van der Waals surface area contributed by atoms with Crippen molar-refractivity contribution in [3.63, 3.8) is 0 Å². The van der Waals surface area contributed by atoms with Crippen LogP contribution in [-0.4, -0.2) is 17.9 Å². The molecule has 0 spiro atoms. The molecule has 5 heteroatoms. The van der Waals surface area contributed by atoms with Crippen molar-refractivity contribution < 1.29 is 13.6 Å². The van der Waals surface area contributed by atoms with Gasteiger partial charge in [0.05, 0.1) is 16.1 Å². The van der Waals surface area contributed by atoms with Crippen LogP contribution in [0.1, 0.15) is 48.9 Å². The summed E-state index contributed by atoms with van der Waals surface area (Å²) in [5, 5.41) is 3.33. The predicted molar refractivity (Wildman–Crippen MR) is 80.3 cm³/mol. The van der Waals surface area contributed by atoms with E-state index in [9.17, 15) is 13.6 Å². The highest BCUT2D eigenvalue weighted by atomic mass is 79.9. The molecule has 0 bridgehead atoms. The van der Waals surface area contributed by atoms with Gasteiger partial charge in [0.1, 0.15) is 5.82 Å². The number of ketones is 1. The van der Waals surface area contributed by atoms with Crippen molar-refractivity contribution in [2.75, 3.05) is 0 Å². The van der Waals surface area contributed by atoms with E-state index in [0.717, 1.165) is 25.3 Å². The fourth-order valence-corrected chi connectivity index (χ4v) is 3.96. The molecular weight excluding hydrogens is 340 g/mol. The summed E-state index contributed by atoms with van der Waals surface area (Å²) < 4.78 is 28.0. The maximum atomic E-state index is 14.1. The van der Waals surface area contributed by atoms with E-state index in [-0.39, 0.29) is 4.47 Å². The van der Waals surface area contributed by atoms with Crippen molar-refractivity contribution in [1.29, 1.82) is 0 Å². The number of nitrogens with one attached hydrogen (secondary N) is 1. The van der Waals surface area contributed by atoms with Gasteiger partial charge in [0, 0.05) is 6.04 Å². The lowest BCUT2D eigenvalue weighted by Crippen LogP contribution is -2.52. The Morgan fingerprint density at radius 1 is 1.14 bits per heavy atom. The number of carbonyl (C=O) groups excluding carboxylic acids is 1. The average Bonchev–Trinajstić information content (AvgIpc) is 2.51. The highest BCUT2D eigenvalue weighted by molar-refractivity contribution is 9.10. The monoisotopic (exact) mass is 357 g/mol. The molecule has 1 heterocycles. The zero-order valence-electron chi connectivity index (χ0n) is 11.7. The maximum absolute atomic E-state index is 14.1. The molecule has 3 unspecified atom stereocenters. The van der Waals surface area contributed by atoms with Gasteiger partial charge in [0.2, 0.25) is 0 Å². The van der Waals surface area contributed by atoms with Gasteiger partial charge in [-0.05, 0) is 59.7 Å². The van der Waals surface area contributed by atoms with Gasteiger partial charge in [0.25, 0.3) is 0 Å². The zero-order chi connectivity index (χ0) is 15.0. The second-order valence-corrected chi connectivity index (χ2v) is 6.88. The van der Waals surface area contributed by atoms with Crippen molar-refractivity contribution in [3.8, 4) is 0 Å². The predicted octanol–water partition coefficient (Wildman–Crippen LogP) is 4.22. The van der Waals surface area contributed by atoms with Crippen molar-refractivity contribution in [2.45, 2.75) is 50.6 Å². The van der Waals surface area contributed by atoms with Crippen LogP contribution in [0.5, 0.6) is 0 Å². The molecule has 1 saturated carbocycles. The Kier molecular flexibility index (Phi) is 4.41. The molecule has 1 aromatic rings. The molecule has 0 aromatic heterocycles. The van der Waals surface area contributed by atoms with Crippen LogP contribution in [0.2, 0.25) is 0 Å². The summed E-state index contributed by atoms with van der Waals surface area (Å²) in [6.07, 6.45) is 6.28. The van der Waals surface area contributed by atoms with Crippen LogP contribution < -0.4 is 5.32 Å². The number of piperidine rings is 1. The molecule has 0 radical (unpaired) electrons. The second-order valence-electron chi connectivity index (χ2n) is 6.03. The first-order valence-corrected chi connectivity index (χ1v) is 8.31. The van der Waals surface area contributed by atoms with Crippen LogP contribution in [-0.2, 0) is 0 Å². The Morgan fingerprint density at radius 2 is 1.90 bits per heavy atom. The van der Waals surface area contributed by atoms with Gasteiger partial charge in [-0.15, -0.1) is 0 Å². The molecule has 1 N–H and O–H groups in total. The number of rotatable bonds is 2. The molecule has 2 fully saturated rings. The van der Waals surface area contributed by atoms with Gasteiger partial charge in [0.15, 0.2) is 11.6 Å². The van der Waals surface area contributed by atoms with Crippen molar-refractivity contribution in [3.05, 3.63) is 33.8 Å². The van der Waals surface area contributed by atoms with E-state index < -0.39 is 29.0 Å². The molecule has 1 aromatic carbocycles. The molecule has 1 aliphatic carbocycles. The van der Waals surface area contributed by atoms with E-state index in [4.69, 9.17) is 0 Å². The van der Waals surface area contributed by atoms with Crippen LogP contribution >= 0.6 is 15.9 Å². The molecule has 2 nitrogen and oxygen atoms in total. The van der Waals surface area contributed by atoms with E-state index in [2.05, 4.69) is 21.2 Å². The van der Waals surface area contributed by atoms with Crippen LogP contribution in [0, 0.1) is 17.6 Å². The molecule has 3 rings (SSSR count). The lowest BCUT2D eigenvalue weighted by molar-refractivity contribution is 0.0853. The number of benzene rings is 1. The fourth-order valence-electron chi connectivity index (χ4n) is 3.63. The highest BCUT2D eigenvalue weighted by Gasteiger charge is 2.36. The van der Waals surface area contributed by atoms with Crippen molar-refractivity contribution in [1.82, 2.24) is 5.32 Å².